The predicted molar refractivity (Wildman–Crippen MR) is 104 cm³/mol. The maximum atomic E-state index is 14.3. The number of benzene rings is 2. The van der Waals surface area contributed by atoms with Gasteiger partial charge < -0.3 is 10.1 Å². The van der Waals surface area contributed by atoms with Crippen LogP contribution in [0.4, 0.5) is 10.2 Å². The smallest absolute Gasteiger partial charge is 0.140 e. The molecule has 2 heterocycles. The Bertz CT molecular complexity index is 923. The third kappa shape index (κ3) is 3.31. The number of rotatable bonds is 4. The zero-order valence-corrected chi connectivity index (χ0v) is 15.8. The zero-order chi connectivity index (χ0) is 18.0. The Hall–Kier alpha value is -2.05. The van der Waals surface area contributed by atoms with Gasteiger partial charge in [0.1, 0.15) is 18.0 Å². The second-order valence-electron chi connectivity index (χ2n) is 6.61. The van der Waals surface area contributed by atoms with Crippen LogP contribution in [0.1, 0.15) is 18.4 Å². The van der Waals surface area contributed by atoms with Crippen molar-refractivity contribution in [2.45, 2.75) is 18.3 Å². The Kier molecular flexibility index (Phi) is 4.87. The molecule has 3 aromatic rings. The molecule has 1 N–H and O–H groups in total. The summed E-state index contributed by atoms with van der Waals surface area (Å²) >= 11 is 3.57. The molecule has 0 unspecified atom stereocenters. The Balaban J connectivity index is 1.68. The second-order valence-corrected chi connectivity index (χ2v) is 7.53. The molecule has 1 aliphatic rings. The molecule has 0 spiro atoms. The number of hydrogen-bond donors (Lipinski definition) is 1. The molecule has 1 aromatic heterocycles. The number of nitrogens with zero attached hydrogens (tertiary/aromatic N) is 2. The largest absolute Gasteiger partial charge is 0.381 e. The van der Waals surface area contributed by atoms with Gasteiger partial charge in [0.2, 0.25) is 0 Å². The van der Waals surface area contributed by atoms with Crippen LogP contribution in [0.25, 0.3) is 10.9 Å². The van der Waals surface area contributed by atoms with Crippen molar-refractivity contribution in [3.8, 4) is 0 Å². The fourth-order valence-corrected chi connectivity index (χ4v) is 4.00. The summed E-state index contributed by atoms with van der Waals surface area (Å²) in [5.74, 6) is 0.225. The van der Waals surface area contributed by atoms with Gasteiger partial charge in [-0.2, -0.15) is 0 Å². The van der Waals surface area contributed by atoms with E-state index in [9.17, 15) is 4.39 Å². The summed E-state index contributed by atoms with van der Waals surface area (Å²) in [7, 11) is 0. The van der Waals surface area contributed by atoms with E-state index in [1.54, 1.807) is 12.1 Å². The van der Waals surface area contributed by atoms with Gasteiger partial charge in [0.15, 0.2) is 0 Å². The van der Waals surface area contributed by atoms with E-state index in [0.717, 1.165) is 17.3 Å². The van der Waals surface area contributed by atoms with E-state index in [-0.39, 0.29) is 11.2 Å². The van der Waals surface area contributed by atoms with E-state index in [4.69, 9.17) is 4.74 Å². The van der Waals surface area contributed by atoms with Gasteiger partial charge in [-0.25, -0.2) is 14.4 Å². The van der Waals surface area contributed by atoms with Gasteiger partial charge in [-0.1, -0.05) is 34.1 Å². The van der Waals surface area contributed by atoms with Gasteiger partial charge in [-0.15, -0.1) is 0 Å². The van der Waals surface area contributed by atoms with Gasteiger partial charge in [0, 0.05) is 29.6 Å². The number of nitrogens with one attached hydrogen (secondary N) is 1. The van der Waals surface area contributed by atoms with E-state index >= 15 is 0 Å². The van der Waals surface area contributed by atoms with Gasteiger partial charge in [-0.3, -0.25) is 0 Å². The average Bonchev–Trinajstić information content (AvgIpc) is 2.67. The molecule has 4 rings (SSSR count). The van der Waals surface area contributed by atoms with Gasteiger partial charge >= 0.3 is 0 Å². The summed E-state index contributed by atoms with van der Waals surface area (Å²) in [5.41, 5.74) is 1.78. The van der Waals surface area contributed by atoms with Crippen molar-refractivity contribution in [1.82, 2.24) is 9.97 Å². The summed E-state index contributed by atoms with van der Waals surface area (Å²) in [6.07, 6.45) is 3.28. The molecular weight excluding hydrogens is 397 g/mol. The number of fused-ring (bicyclic) bond motifs is 1. The quantitative estimate of drug-likeness (QED) is 0.671. The van der Waals surface area contributed by atoms with Crippen LogP contribution >= 0.6 is 15.9 Å². The first-order chi connectivity index (χ1) is 12.7. The number of halogens is 2. The van der Waals surface area contributed by atoms with Crippen molar-refractivity contribution < 1.29 is 9.13 Å². The minimum absolute atomic E-state index is 0.0788. The highest BCUT2D eigenvalue weighted by atomic mass is 79.9. The lowest BCUT2D eigenvalue weighted by molar-refractivity contribution is 0.0543. The van der Waals surface area contributed by atoms with Crippen molar-refractivity contribution in [2.75, 3.05) is 25.1 Å². The van der Waals surface area contributed by atoms with E-state index in [1.807, 2.05) is 6.07 Å². The predicted octanol–water partition coefficient (Wildman–Crippen LogP) is 4.69. The van der Waals surface area contributed by atoms with Gasteiger partial charge in [-0.05, 0) is 42.7 Å². The van der Waals surface area contributed by atoms with Crippen LogP contribution in [0.15, 0.2) is 53.3 Å². The second kappa shape index (κ2) is 7.29. The Morgan fingerprint density at radius 3 is 2.73 bits per heavy atom. The Labute approximate surface area is 159 Å². The fourth-order valence-electron chi connectivity index (χ4n) is 3.60. The summed E-state index contributed by atoms with van der Waals surface area (Å²) in [4.78, 5) is 8.46. The molecule has 1 saturated heterocycles. The molecule has 0 bridgehead atoms. The molecule has 0 atom stereocenters. The normalized spacial score (nSPS) is 16.5. The van der Waals surface area contributed by atoms with E-state index in [0.29, 0.717) is 36.5 Å². The summed E-state index contributed by atoms with van der Waals surface area (Å²) in [6, 6.07) is 13.3. The first-order valence-electron chi connectivity index (χ1n) is 8.65. The maximum absolute atomic E-state index is 14.3. The molecule has 4 nitrogen and oxygen atoms in total. The molecule has 2 aromatic carbocycles. The van der Waals surface area contributed by atoms with Crippen molar-refractivity contribution in [3.05, 3.63) is 64.6 Å². The van der Waals surface area contributed by atoms with Crippen LogP contribution < -0.4 is 5.32 Å². The molecular formula is C20H19BrFN3O. The highest BCUT2D eigenvalue weighted by Gasteiger charge is 2.34. The highest BCUT2D eigenvalue weighted by Crippen LogP contribution is 2.36. The van der Waals surface area contributed by atoms with E-state index in [1.165, 1.54) is 18.0 Å². The topological polar surface area (TPSA) is 47.0 Å². The lowest BCUT2D eigenvalue weighted by Gasteiger charge is -2.38. The molecule has 1 aliphatic heterocycles. The summed E-state index contributed by atoms with van der Waals surface area (Å²) < 4.78 is 21.0. The number of ether oxygens (including phenoxy) is 1. The number of aromatic nitrogens is 2. The molecule has 26 heavy (non-hydrogen) atoms. The Morgan fingerprint density at radius 2 is 1.92 bits per heavy atom. The monoisotopic (exact) mass is 415 g/mol. The molecule has 0 radical (unpaired) electrons. The molecule has 134 valence electrons. The van der Waals surface area contributed by atoms with Crippen molar-refractivity contribution in [3.63, 3.8) is 0 Å². The highest BCUT2D eigenvalue weighted by molar-refractivity contribution is 9.10. The first kappa shape index (κ1) is 17.4. The third-order valence-corrected chi connectivity index (χ3v) is 5.59. The average molecular weight is 416 g/mol. The minimum atomic E-state index is -0.311. The van der Waals surface area contributed by atoms with E-state index < -0.39 is 0 Å². The van der Waals surface area contributed by atoms with Crippen LogP contribution in [-0.2, 0) is 10.2 Å². The molecule has 0 amide bonds. The SMILES string of the molecule is Fc1cccc2ncnc(NCC3(c4cccc(Br)c4)CCOCC3)c12. The van der Waals surface area contributed by atoms with Crippen molar-refractivity contribution in [2.24, 2.45) is 0 Å². The van der Waals surface area contributed by atoms with E-state index in [2.05, 4.69) is 49.4 Å². The molecule has 1 fully saturated rings. The van der Waals surface area contributed by atoms with Crippen LogP contribution in [-0.4, -0.2) is 29.7 Å². The molecule has 6 heteroatoms. The van der Waals surface area contributed by atoms with Gasteiger partial charge in [0.05, 0.1) is 10.9 Å². The van der Waals surface area contributed by atoms with Crippen LogP contribution in [0.3, 0.4) is 0 Å². The van der Waals surface area contributed by atoms with Gasteiger partial charge in [0.25, 0.3) is 0 Å². The minimum Gasteiger partial charge on any atom is -0.381 e. The number of anilines is 1. The standard InChI is InChI=1S/C20H19BrFN3O/c21-15-4-1-3-14(11-15)20(7-9-26-10-8-20)12-23-19-18-16(22)5-2-6-17(18)24-13-25-19/h1-6,11,13H,7-10,12H2,(H,23,24,25). The van der Waals surface area contributed by atoms with Crippen LogP contribution in [0, 0.1) is 5.82 Å². The first-order valence-corrected chi connectivity index (χ1v) is 9.44. The molecule has 0 saturated carbocycles. The maximum Gasteiger partial charge on any atom is 0.140 e. The lowest BCUT2D eigenvalue weighted by Crippen LogP contribution is -2.40. The van der Waals surface area contributed by atoms with Crippen LogP contribution in [0.5, 0.6) is 0 Å². The molecule has 0 aliphatic carbocycles. The fraction of sp³-hybridized carbons (Fsp3) is 0.300. The number of hydrogen-bond acceptors (Lipinski definition) is 4. The van der Waals surface area contributed by atoms with Crippen LogP contribution in [0.2, 0.25) is 0 Å². The Morgan fingerprint density at radius 1 is 1.12 bits per heavy atom. The summed E-state index contributed by atoms with van der Waals surface area (Å²) in [6.45, 7) is 2.09. The summed E-state index contributed by atoms with van der Waals surface area (Å²) in [5, 5.41) is 3.83. The third-order valence-electron chi connectivity index (χ3n) is 5.09. The lowest BCUT2D eigenvalue weighted by atomic mass is 9.74. The zero-order valence-electron chi connectivity index (χ0n) is 14.2. The van der Waals surface area contributed by atoms with Crippen molar-refractivity contribution >= 4 is 32.7 Å². The van der Waals surface area contributed by atoms with Crippen molar-refractivity contribution in [1.29, 1.82) is 0 Å².